The molecule has 1 fully saturated rings. The summed E-state index contributed by atoms with van der Waals surface area (Å²) in [6, 6.07) is 1.78. The molecule has 1 aromatic rings. The van der Waals surface area contributed by atoms with Gasteiger partial charge in [-0.1, -0.05) is 6.08 Å². The van der Waals surface area contributed by atoms with E-state index in [0.717, 1.165) is 37.1 Å². The second kappa shape index (κ2) is 5.59. The number of rotatable bonds is 3. The number of carbonyl (C=O) groups excluding carboxylic acids is 2. The lowest BCUT2D eigenvalue weighted by atomic mass is 9.70. The number of nitrogens with zero attached hydrogens (tertiary/aromatic N) is 2. The van der Waals surface area contributed by atoms with Gasteiger partial charge in [0.25, 0.3) is 5.91 Å². The summed E-state index contributed by atoms with van der Waals surface area (Å²) in [4.78, 5) is 24.0. The van der Waals surface area contributed by atoms with Gasteiger partial charge in [-0.05, 0) is 38.7 Å². The van der Waals surface area contributed by atoms with Crippen molar-refractivity contribution in [3.8, 4) is 0 Å². The molecule has 1 saturated heterocycles. The van der Waals surface area contributed by atoms with Crippen LogP contribution in [0.25, 0.3) is 0 Å². The predicted octanol–water partition coefficient (Wildman–Crippen LogP) is 1.42. The first kappa shape index (κ1) is 14.8. The van der Waals surface area contributed by atoms with Crippen molar-refractivity contribution < 1.29 is 9.59 Å². The SMILES string of the molecule is Cc1cc(C(=O)NCC23CCCC=C2NC(=O)CC3)n(C)n1. The van der Waals surface area contributed by atoms with Crippen LogP contribution in [0.4, 0.5) is 0 Å². The molecule has 1 atom stereocenters. The first-order chi connectivity index (χ1) is 10.5. The molecule has 2 heterocycles. The van der Waals surface area contributed by atoms with Crippen LogP contribution in [0.3, 0.4) is 0 Å². The zero-order valence-electron chi connectivity index (χ0n) is 13.1. The quantitative estimate of drug-likeness (QED) is 0.886. The van der Waals surface area contributed by atoms with Crippen LogP contribution in [-0.4, -0.2) is 28.1 Å². The van der Waals surface area contributed by atoms with Crippen molar-refractivity contribution in [2.75, 3.05) is 6.54 Å². The average molecular weight is 302 g/mol. The third-order valence-electron chi connectivity index (χ3n) is 4.71. The number of fused-ring (bicyclic) bond motifs is 1. The minimum absolute atomic E-state index is 0.0809. The first-order valence-corrected chi connectivity index (χ1v) is 7.79. The summed E-state index contributed by atoms with van der Waals surface area (Å²) in [5.74, 6) is -0.0309. The van der Waals surface area contributed by atoms with Gasteiger partial charge >= 0.3 is 0 Å². The fraction of sp³-hybridized carbons (Fsp3) is 0.562. The number of hydrogen-bond donors (Lipinski definition) is 2. The van der Waals surface area contributed by atoms with Crippen LogP contribution in [0, 0.1) is 12.3 Å². The van der Waals surface area contributed by atoms with Gasteiger partial charge in [0.15, 0.2) is 0 Å². The van der Waals surface area contributed by atoms with Crippen molar-refractivity contribution >= 4 is 11.8 Å². The molecule has 0 bridgehead atoms. The summed E-state index contributed by atoms with van der Waals surface area (Å²) < 4.78 is 1.60. The average Bonchev–Trinajstić information content (AvgIpc) is 2.84. The van der Waals surface area contributed by atoms with E-state index in [2.05, 4.69) is 21.8 Å². The van der Waals surface area contributed by atoms with Gasteiger partial charge in [0, 0.05) is 31.1 Å². The number of hydrogen-bond acceptors (Lipinski definition) is 3. The van der Waals surface area contributed by atoms with Crippen LogP contribution in [0.15, 0.2) is 17.8 Å². The van der Waals surface area contributed by atoms with Crippen LogP contribution < -0.4 is 10.6 Å². The summed E-state index contributed by atoms with van der Waals surface area (Å²) in [5, 5.41) is 10.2. The van der Waals surface area contributed by atoms with E-state index in [9.17, 15) is 9.59 Å². The number of carbonyl (C=O) groups is 2. The highest BCUT2D eigenvalue weighted by Crippen LogP contribution is 2.42. The highest BCUT2D eigenvalue weighted by atomic mass is 16.2. The molecular weight excluding hydrogens is 280 g/mol. The van der Waals surface area contributed by atoms with E-state index >= 15 is 0 Å². The number of piperidine rings is 1. The van der Waals surface area contributed by atoms with Crippen LogP contribution in [-0.2, 0) is 11.8 Å². The molecule has 1 aliphatic heterocycles. The molecule has 0 aromatic carbocycles. The van der Waals surface area contributed by atoms with Gasteiger partial charge in [-0.25, -0.2) is 0 Å². The van der Waals surface area contributed by atoms with E-state index in [1.54, 1.807) is 17.8 Å². The van der Waals surface area contributed by atoms with Crippen LogP contribution in [0.5, 0.6) is 0 Å². The minimum Gasteiger partial charge on any atom is -0.350 e. The van der Waals surface area contributed by atoms with Gasteiger partial charge in [0.1, 0.15) is 5.69 Å². The lowest BCUT2D eigenvalue weighted by Crippen LogP contribution is -2.48. The Morgan fingerprint density at radius 2 is 2.32 bits per heavy atom. The molecule has 0 spiro atoms. The zero-order valence-corrected chi connectivity index (χ0v) is 13.1. The number of aromatic nitrogens is 2. The molecule has 118 valence electrons. The number of allylic oxidation sites excluding steroid dienone is 1. The molecule has 6 nitrogen and oxygen atoms in total. The highest BCUT2D eigenvalue weighted by Gasteiger charge is 2.40. The highest BCUT2D eigenvalue weighted by molar-refractivity contribution is 5.92. The topological polar surface area (TPSA) is 76.0 Å². The maximum absolute atomic E-state index is 12.4. The van der Waals surface area contributed by atoms with Crippen molar-refractivity contribution in [3.05, 3.63) is 29.2 Å². The summed E-state index contributed by atoms with van der Waals surface area (Å²) in [6.07, 6.45) is 6.53. The fourth-order valence-electron chi connectivity index (χ4n) is 3.48. The van der Waals surface area contributed by atoms with Crippen LogP contribution in [0.1, 0.15) is 48.3 Å². The van der Waals surface area contributed by atoms with E-state index in [1.165, 1.54) is 0 Å². The van der Waals surface area contributed by atoms with Gasteiger partial charge in [-0.2, -0.15) is 5.10 Å². The minimum atomic E-state index is -0.116. The number of amides is 2. The largest absolute Gasteiger partial charge is 0.350 e. The lowest BCUT2D eigenvalue weighted by Gasteiger charge is -2.42. The van der Waals surface area contributed by atoms with E-state index in [1.807, 2.05) is 6.92 Å². The number of nitrogens with one attached hydrogen (secondary N) is 2. The Labute approximate surface area is 130 Å². The molecule has 2 amide bonds. The van der Waals surface area contributed by atoms with Crippen molar-refractivity contribution in [1.29, 1.82) is 0 Å². The van der Waals surface area contributed by atoms with Crippen molar-refractivity contribution in [2.24, 2.45) is 12.5 Å². The maximum Gasteiger partial charge on any atom is 0.269 e. The molecule has 22 heavy (non-hydrogen) atoms. The molecule has 3 rings (SSSR count). The Bertz CT molecular complexity index is 647. The Balaban J connectivity index is 1.73. The Kier molecular flexibility index (Phi) is 3.76. The van der Waals surface area contributed by atoms with Gasteiger partial charge < -0.3 is 10.6 Å². The number of aryl methyl sites for hydroxylation is 2. The summed E-state index contributed by atoms with van der Waals surface area (Å²) in [6.45, 7) is 2.43. The Morgan fingerprint density at radius 1 is 1.50 bits per heavy atom. The molecule has 2 aliphatic rings. The van der Waals surface area contributed by atoms with Crippen molar-refractivity contribution in [2.45, 2.75) is 39.0 Å². The molecule has 2 N–H and O–H groups in total. The molecule has 6 heteroatoms. The molecule has 0 saturated carbocycles. The molecule has 1 aromatic heterocycles. The van der Waals surface area contributed by atoms with Gasteiger partial charge in [-0.3, -0.25) is 14.3 Å². The standard InChI is InChI=1S/C16H22N4O2/c1-11-9-12(20(2)19-11)15(22)17-10-16-7-4-3-5-13(16)18-14(21)6-8-16/h5,9H,3-4,6-8,10H2,1-2H3,(H,17,22)(H,18,21). The molecular formula is C16H22N4O2. The summed E-state index contributed by atoms with van der Waals surface area (Å²) in [5.41, 5.74) is 2.27. The second-order valence-electron chi connectivity index (χ2n) is 6.32. The van der Waals surface area contributed by atoms with Gasteiger partial charge in [0.05, 0.1) is 5.69 Å². The zero-order chi connectivity index (χ0) is 15.7. The molecule has 1 unspecified atom stereocenters. The third kappa shape index (κ3) is 2.65. The van der Waals surface area contributed by atoms with E-state index in [4.69, 9.17) is 0 Å². The maximum atomic E-state index is 12.4. The predicted molar refractivity (Wildman–Crippen MR) is 82.0 cm³/mol. The Morgan fingerprint density at radius 3 is 3.05 bits per heavy atom. The van der Waals surface area contributed by atoms with Gasteiger partial charge in [-0.15, -0.1) is 0 Å². The monoisotopic (exact) mass is 302 g/mol. The normalized spacial score (nSPS) is 24.3. The smallest absolute Gasteiger partial charge is 0.269 e. The van der Waals surface area contributed by atoms with Crippen molar-refractivity contribution in [1.82, 2.24) is 20.4 Å². The fourth-order valence-corrected chi connectivity index (χ4v) is 3.48. The first-order valence-electron chi connectivity index (χ1n) is 7.79. The summed E-state index contributed by atoms with van der Waals surface area (Å²) in [7, 11) is 1.77. The Hall–Kier alpha value is -2.11. The van der Waals surface area contributed by atoms with Crippen LogP contribution in [0.2, 0.25) is 0 Å². The second-order valence-corrected chi connectivity index (χ2v) is 6.32. The van der Waals surface area contributed by atoms with E-state index in [0.29, 0.717) is 18.7 Å². The summed E-state index contributed by atoms with van der Waals surface area (Å²) >= 11 is 0. The lowest BCUT2D eigenvalue weighted by molar-refractivity contribution is -0.122. The molecule has 1 aliphatic carbocycles. The van der Waals surface area contributed by atoms with E-state index < -0.39 is 0 Å². The van der Waals surface area contributed by atoms with E-state index in [-0.39, 0.29) is 17.2 Å². The van der Waals surface area contributed by atoms with Gasteiger partial charge in [0.2, 0.25) is 5.91 Å². The van der Waals surface area contributed by atoms with Crippen LogP contribution >= 0.6 is 0 Å². The molecule has 0 radical (unpaired) electrons. The van der Waals surface area contributed by atoms with Crippen molar-refractivity contribution in [3.63, 3.8) is 0 Å². The third-order valence-corrected chi connectivity index (χ3v) is 4.71.